The summed E-state index contributed by atoms with van der Waals surface area (Å²) in [5.41, 5.74) is 0.816. The van der Waals surface area contributed by atoms with Crippen LogP contribution >= 0.6 is 11.6 Å². The first-order valence-corrected chi connectivity index (χ1v) is 8.67. The Balaban J connectivity index is 1.57. The maximum absolute atomic E-state index is 12.3. The summed E-state index contributed by atoms with van der Waals surface area (Å²) in [6.07, 6.45) is 3.54. The van der Waals surface area contributed by atoms with E-state index in [0.29, 0.717) is 10.8 Å². The molecule has 1 aromatic rings. The molecule has 0 aromatic heterocycles. The van der Waals surface area contributed by atoms with Gasteiger partial charge in [-0.05, 0) is 43.5 Å². The maximum atomic E-state index is 12.3. The number of carbonyl (C=O) groups is 3. The van der Waals surface area contributed by atoms with E-state index in [1.807, 2.05) is 6.92 Å². The molecule has 2 amide bonds. The van der Waals surface area contributed by atoms with Gasteiger partial charge in [0.1, 0.15) is 5.75 Å². The van der Waals surface area contributed by atoms with Crippen LogP contribution < -0.4 is 4.74 Å². The van der Waals surface area contributed by atoms with Crippen LogP contribution in [-0.4, -0.2) is 29.2 Å². The Hall–Kier alpha value is -1.88. The van der Waals surface area contributed by atoms with Crippen molar-refractivity contribution in [2.24, 2.45) is 11.8 Å². The smallest absolute Gasteiger partial charge is 0.312 e. The second-order valence-corrected chi connectivity index (χ2v) is 6.87. The quantitative estimate of drug-likeness (QED) is 0.476. The van der Waals surface area contributed by atoms with Gasteiger partial charge in [0.25, 0.3) is 0 Å². The molecule has 2 atom stereocenters. The molecule has 5 nitrogen and oxygen atoms in total. The van der Waals surface area contributed by atoms with Crippen molar-refractivity contribution in [1.29, 1.82) is 0 Å². The average molecular weight is 350 g/mol. The lowest BCUT2D eigenvalue weighted by Crippen LogP contribution is -2.33. The number of carbonyl (C=O) groups excluding carboxylic acids is 3. The van der Waals surface area contributed by atoms with Crippen LogP contribution in [0.5, 0.6) is 5.75 Å². The first-order valence-electron chi connectivity index (χ1n) is 8.29. The van der Waals surface area contributed by atoms with Crippen LogP contribution in [0.3, 0.4) is 0 Å². The number of benzene rings is 1. The number of ether oxygens (including phenoxy) is 1. The Labute approximate surface area is 145 Å². The van der Waals surface area contributed by atoms with Crippen molar-refractivity contribution in [3.63, 3.8) is 0 Å². The summed E-state index contributed by atoms with van der Waals surface area (Å²) in [5.74, 6) is -0.663. The average Bonchev–Trinajstić information content (AvgIpc) is 2.81. The van der Waals surface area contributed by atoms with Crippen LogP contribution in [0.2, 0.25) is 5.02 Å². The summed E-state index contributed by atoms with van der Waals surface area (Å²) in [6, 6.07) is 4.96. The van der Waals surface area contributed by atoms with Gasteiger partial charge in [-0.15, -0.1) is 0 Å². The molecule has 0 unspecified atom stereocenters. The van der Waals surface area contributed by atoms with E-state index in [9.17, 15) is 14.4 Å². The molecule has 6 heteroatoms. The van der Waals surface area contributed by atoms with Gasteiger partial charge in [0.15, 0.2) is 0 Å². The number of imide groups is 1. The van der Waals surface area contributed by atoms with Crippen LogP contribution in [-0.2, 0) is 14.4 Å². The molecule has 3 rings (SSSR count). The van der Waals surface area contributed by atoms with E-state index in [1.165, 1.54) is 4.90 Å². The minimum Gasteiger partial charge on any atom is -0.426 e. The molecular weight excluding hydrogens is 330 g/mol. The third-order valence-electron chi connectivity index (χ3n) is 4.83. The zero-order valence-corrected chi connectivity index (χ0v) is 14.3. The number of hydrogen-bond acceptors (Lipinski definition) is 4. The second-order valence-electron chi connectivity index (χ2n) is 6.46. The van der Waals surface area contributed by atoms with Gasteiger partial charge in [0.05, 0.1) is 18.3 Å². The van der Waals surface area contributed by atoms with Crippen LogP contribution in [0.25, 0.3) is 0 Å². The molecular formula is C18H20ClNO4. The highest BCUT2D eigenvalue weighted by atomic mass is 35.5. The van der Waals surface area contributed by atoms with Gasteiger partial charge in [-0.2, -0.15) is 0 Å². The number of fused-ring (bicyclic) bond motifs is 1. The number of esters is 1. The van der Waals surface area contributed by atoms with Gasteiger partial charge < -0.3 is 4.74 Å². The number of rotatable bonds is 4. The number of aryl methyl sites for hydroxylation is 1. The lowest BCUT2D eigenvalue weighted by molar-refractivity contribution is -0.141. The van der Waals surface area contributed by atoms with Gasteiger partial charge in [-0.3, -0.25) is 19.3 Å². The predicted molar refractivity (Wildman–Crippen MR) is 88.6 cm³/mol. The predicted octanol–water partition coefficient (Wildman–Crippen LogP) is 3.12. The highest BCUT2D eigenvalue weighted by Gasteiger charge is 2.47. The molecule has 0 bridgehead atoms. The van der Waals surface area contributed by atoms with Crippen molar-refractivity contribution < 1.29 is 19.1 Å². The minimum absolute atomic E-state index is 0.00139. The summed E-state index contributed by atoms with van der Waals surface area (Å²) in [7, 11) is 0. The third kappa shape index (κ3) is 3.31. The Morgan fingerprint density at radius 3 is 2.42 bits per heavy atom. The van der Waals surface area contributed by atoms with E-state index >= 15 is 0 Å². The summed E-state index contributed by atoms with van der Waals surface area (Å²) in [4.78, 5) is 37.9. The number of amides is 2. The summed E-state index contributed by atoms with van der Waals surface area (Å²) < 4.78 is 5.25. The molecule has 2 fully saturated rings. The van der Waals surface area contributed by atoms with Gasteiger partial charge in [-0.1, -0.05) is 24.4 Å². The molecule has 128 valence electrons. The fraction of sp³-hybridized carbons (Fsp3) is 0.500. The van der Waals surface area contributed by atoms with Crippen LogP contribution in [0, 0.1) is 18.8 Å². The first-order chi connectivity index (χ1) is 11.5. The standard InChI is InChI=1S/C18H20ClNO4/c1-11-10-12(6-7-15(11)19)24-16(21)8-9-20-17(22)13-4-2-3-5-14(13)18(20)23/h6-7,10,13-14H,2-5,8-9H2,1H3/t13-,14+. The number of halogens is 1. The van der Waals surface area contributed by atoms with Crippen molar-refractivity contribution in [2.45, 2.75) is 39.0 Å². The van der Waals surface area contributed by atoms with E-state index in [1.54, 1.807) is 18.2 Å². The molecule has 1 aliphatic carbocycles. The van der Waals surface area contributed by atoms with Gasteiger partial charge in [-0.25, -0.2) is 0 Å². The Morgan fingerprint density at radius 2 is 1.83 bits per heavy atom. The molecule has 24 heavy (non-hydrogen) atoms. The van der Waals surface area contributed by atoms with Crippen LogP contribution in [0.1, 0.15) is 37.7 Å². The summed E-state index contributed by atoms with van der Waals surface area (Å²) in [6.45, 7) is 1.92. The van der Waals surface area contributed by atoms with E-state index < -0.39 is 5.97 Å². The lowest BCUT2D eigenvalue weighted by atomic mass is 9.81. The normalized spacial score (nSPS) is 23.3. The Bertz CT molecular complexity index is 664. The Morgan fingerprint density at radius 1 is 1.21 bits per heavy atom. The van der Waals surface area contributed by atoms with E-state index in [-0.39, 0.29) is 36.6 Å². The topological polar surface area (TPSA) is 63.7 Å². The second kappa shape index (κ2) is 6.93. The maximum Gasteiger partial charge on any atom is 0.312 e. The molecule has 1 saturated carbocycles. The van der Waals surface area contributed by atoms with Crippen molar-refractivity contribution in [2.75, 3.05) is 6.54 Å². The van der Waals surface area contributed by atoms with E-state index in [0.717, 1.165) is 31.2 Å². The van der Waals surface area contributed by atoms with Gasteiger partial charge in [0.2, 0.25) is 11.8 Å². The SMILES string of the molecule is Cc1cc(OC(=O)CCN2C(=O)[C@H]3CCCC[C@H]3C2=O)ccc1Cl. The van der Waals surface area contributed by atoms with E-state index in [4.69, 9.17) is 16.3 Å². The van der Waals surface area contributed by atoms with E-state index in [2.05, 4.69) is 0 Å². The van der Waals surface area contributed by atoms with Gasteiger partial charge >= 0.3 is 5.97 Å². The fourth-order valence-corrected chi connectivity index (χ4v) is 3.64. The van der Waals surface area contributed by atoms with Crippen LogP contribution in [0.15, 0.2) is 18.2 Å². The fourth-order valence-electron chi connectivity index (χ4n) is 3.52. The molecule has 0 N–H and O–H groups in total. The largest absolute Gasteiger partial charge is 0.426 e. The van der Waals surface area contributed by atoms with Crippen molar-refractivity contribution >= 4 is 29.4 Å². The summed E-state index contributed by atoms with van der Waals surface area (Å²) in [5, 5.41) is 0.602. The van der Waals surface area contributed by atoms with Crippen molar-refractivity contribution in [1.82, 2.24) is 4.90 Å². The number of likely N-dealkylation sites (tertiary alicyclic amines) is 1. The van der Waals surface area contributed by atoms with Crippen molar-refractivity contribution in [3.05, 3.63) is 28.8 Å². The molecule has 1 heterocycles. The monoisotopic (exact) mass is 349 g/mol. The number of nitrogens with zero attached hydrogens (tertiary/aromatic N) is 1. The van der Waals surface area contributed by atoms with Gasteiger partial charge in [0, 0.05) is 11.6 Å². The molecule has 2 aliphatic rings. The lowest BCUT2D eigenvalue weighted by Gasteiger charge is -2.19. The molecule has 1 aliphatic heterocycles. The zero-order valence-electron chi connectivity index (χ0n) is 13.6. The highest BCUT2D eigenvalue weighted by Crippen LogP contribution is 2.38. The highest BCUT2D eigenvalue weighted by molar-refractivity contribution is 6.31. The number of hydrogen-bond donors (Lipinski definition) is 0. The zero-order chi connectivity index (χ0) is 17.3. The first kappa shape index (κ1) is 17.0. The molecule has 1 aromatic carbocycles. The molecule has 0 radical (unpaired) electrons. The van der Waals surface area contributed by atoms with Crippen LogP contribution in [0.4, 0.5) is 0 Å². The summed E-state index contributed by atoms with van der Waals surface area (Å²) >= 11 is 5.93. The molecule has 1 saturated heterocycles. The van der Waals surface area contributed by atoms with Crippen molar-refractivity contribution in [3.8, 4) is 5.75 Å². The molecule has 0 spiro atoms. The third-order valence-corrected chi connectivity index (χ3v) is 5.26. The minimum atomic E-state index is -0.466. The Kier molecular flexibility index (Phi) is 4.90.